The molecule has 2 aliphatic rings. The van der Waals surface area contributed by atoms with Gasteiger partial charge in [-0.1, -0.05) is 12.2 Å². The van der Waals surface area contributed by atoms with Gasteiger partial charge in [-0.25, -0.2) is 27.2 Å². The Bertz CT molecular complexity index is 573. The Hall–Kier alpha value is -1.61. The van der Waals surface area contributed by atoms with Crippen LogP contribution in [0.15, 0.2) is 12.2 Å². The number of nitrogens with one attached hydrogen (secondary N) is 1. The molecule has 1 unspecified atom stereocenters. The molecular formula is C12H19N3O5S. The number of urea groups is 2. The van der Waals surface area contributed by atoms with E-state index < -0.39 is 27.7 Å². The highest BCUT2D eigenvalue weighted by molar-refractivity contribution is 7.88. The van der Waals surface area contributed by atoms with Crippen LogP contribution in [0.4, 0.5) is 9.59 Å². The zero-order chi connectivity index (χ0) is 15.7. The normalized spacial score (nSPS) is 26.3. The Balaban J connectivity index is 1.94. The standard InChI is InChI=1S/C12H19N3O5S/c1-21(19,20)15-8-7-14(11(15)17)10(16)13-9-12(18)5-3-2-4-6-12/h3,5,18H,2,4,6-9H2,1H3,(H,13,16). The number of nitrogens with zero attached hydrogens (tertiary/aromatic N) is 2. The minimum Gasteiger partial charge on any atom is -0.384 e. The molecule has 118 valence electrons. The van der Waals surface area contributed by atoms with E-state index in [0.717, 1.165) is 24.0 Å². The van der Waals surface area contributed by atoms with Gasteiger partial charge in [0.05, 0.1) is 25.9 Å². The number of carbonyl (C=O) groups is 2. The topological polar surface area (TPSA) is 107 Å². The van der Waals surface area contributed by atoms with Gasteiger partial charge in [-0.3, -0.25) is 0 Å². The van der Waals surface area contributed by atoms with Gasteiger partial charge < -0.3 is 10.4 Å². The minimum atomic E-state index is -3.66. The van der Waals surface area contributed by atoms with Gasteiger partial charge in [-0.2, -0.15) is 0 Å². The Morgan fingerprint density at radius 2 is 2.19 bits per heavy atom. The fraction of sp³-hybridized carbons (Fsp3) is 0.667. The van der Waals surface area contributed by atoms with Crippen LogP contribution in [0.3, 0.4) is 0 Å². The first-order valence-corrected chi connectivity index (χ1v) is 8.55. The lowest BCUT2D eigenvalue weighted by Gasteiger charge is -2.28. The van der Waals surface area contributed by atoms with Crippen molar-refractivity contribution >= 4 is 22.1 Å². The summed E-state index contributed by atoms with van der Waals surface area (Å²) >= 11 is 0. The quantitative estimate of drug-likeness (QED) is 0.705. The summed E-state index contributed by atoms with van der Waals surface area (Å²) in [5, 5.41) is 12.7. The fourth-order valence-corrected chi connectivity index (χ4v) is 3.19. The number of sulfonamides is 1. The highest BCUT2D eigenvalue weighted by Crippen LogP contribution is 2.21. The molecule has 21 heavy (non-hydrogen) atoms. The molecule has 0 bridgehead atoms. The predicted molar refractivity (Wildman–Crippen MR) is 75.0 cm³/mol. The van der Waals surface area contributed by atoms with E-state index in [1.165, 1.54) is 0 Å². The second kappa shape index (κ2) is 5.64. The summed E-state index contributed by atoms with van der Waals surface area (Å²) in [7, 11) is -3.66. The highest BCUT2D eigenvalue weighted by atomic mass is 32.2. The average molecular weight is 317 g/mol. The molecule has 0 aromatic carbocycles. The molecule has 1 heterocycles. The van der Waals surface area contributed by atoms with E-state index in [1.807, 2.05) is 6.08 Å². The number of hydrogen-bond acceptors (Lipinski definition) is 5. The van der Waals surface area contributed by atoms with Crippen LogP contribution < -0.4 is 5.32 Å². The number of aliphatic hydroxyl groups is 1. The smallest absolute Gasteiger partial charge is 0.341 e. The van der Waals surface area contributed by atoms with Crippen LogP contribution in [0.25, 0.3) is 0 Å². The Kier molecular flexibility index (Phi) is 4.24. The van der Waals surface area contributed by atoms with Crippen LogP contribution in [-0.4, -0.2) is 66.3 Å². The van der Waals surface area contributed by atoms with E-state index in [0.29, 0.717) is 10.7 Å². The maximum absolute atomic E-state index is 12.0. The van der Waals surface area contributed by atoms with Crippen molar-refractivity contribution < 1.29 is 23.1 Å². The first-order chi connectivity index (χ1) is 9.73. The van der Waals surface area contributed by atoms with Gasteiger partial charge in [-0.15, -0.1) is 0 Å². The number of allylic oxidation sites excluding steroid dienone is 1. The minimum absolute atomic E-state index is 0.00596. The van der Waals surface area contributed by atoms with Crippen LogP contribution in [0, 0.1) is 0 Å². The fourth-order valence-electron chi connectivity index (χ4n) is 2.40. The first kappa shape index (κ1) is 15.8. The molecule has 0 saturated carbocycles. The Morgan fingerprint density at radius 3 is 2.71 bits per heavy atom. The van der Waals surface area contributed by atoms with Crippen molar-refractivity contribution in [3.05, 3.63) is 12.2 Å². The van der Waals surface area contributed by atoms with Crippen molar-refractivity contribution in [3.63, 3.8) is 0 Å². The maximum atomic E-state index is 12.0. The van der Waals surface area contributed by atoms with Crippen molar-refractivity contribution in [1.82, 2.24) is 14.5 Å². The molecule has 0 spiro atoms. The molecule has 0 aromatic heterocycles. The monoisotopic (exact) mass is 317 g/mol. The zero-order valence-corrected chi connectivity index (χ0v) is 12.6. The summed E-state index contributed by atoms with van der Waals surface area (Å²) in [6, 6.07) is -1.56. The van der Waals surface area contributed by atoms with Crippen molar-refractivity contribution in [1.29, 1.82) is 0 Å². The van der Waals surface area contributed by atoms with E-state index in [1.54, 1.807) is 6.08 Å². The third-order valence-corrected chi connectivity index (χ3v) is 4.71. The third kappa shape index (κ3) is 3.53. The number of imide groups is 1. The molecule has 2 rings (SSSR count). The van der Waals surface area contributed by atoms with Gasteiger partial charge in [0.1, 0.15) is 5.60 Å². The molecule has 8 nitrogen and oxygen atoms in total. The number of hydrogen-bond donors (Lipinski definition) is 2. The van der Waals surface area contributed by atoms with Gasteiger partial charge in [-0.05, 0) is 19.3 Å². The van der Waals surface area contributed by atoms with E-state index in [-0.39, 0.29) is 19.6 Å². The number of amides is 4. The molecule has 0 aromatic rings. The molecule has 1 atom stereocenters. The zero-order valence-electron chi connectivity index (χ0n) is 11.8. The summed E-state index contributed by atoms with van der Waals surface area (Å²) in [5.74, 6) is 0. The van der Waals surface area contributed by atoms with Crippen LogP contribution in [-0.2, 0) is 10.0 Å². The largest absolute Gasteiger partial charge is 0.384 e. The maximum Gasteiger partial charge on any atom is 0.341 e. The second-order valence-electron chi connectivity index (χ2n) is 5.33. The molecular weight excluding hydrogens is 298 g/mol. The average Bonchev–Trinajstić information content (AvgIpc) is 2.79. The van der Waals surface area contributed by atoms with Gasteiger partial charge >= 0.3 is 12.1 Å². The lowest BCUT2D eigenvalue weighted by atomic mass is 9.91. The summed E-state index contributed by atoms with van der Waals surface area (Å²) in [6.07, 6.45) is 6.67. The van der Waals surface area contributed by atoms with Crippen molar-refractivity contribution in [3.8, 4) is 0 Å². The van der Waals surface area contributed by atoms with Crippen molar-refractivity contribution in [2.24, 2.45) is 0 Å². The third-order valence-electron chi connectivity index (χ3n) is 3.57. The van der Waals surface area contributed by atoms with Gasteiger partial charge in [0.15, 0.2) is 0 Å². The molecule has 1 aliphatic heterocycles. The predicted octanol–water partition coefficient (Wildman–Crippen LogP) is -0.136. The van der Waals surface area contributed by atoms with Crippen LogP contribution in [0.1, 0.15) is 19.3 Å². The SMILES string of the molecule is CS(=O)(=O)N1CCN(C(=O)NCC2(O)C=CCCC2)C1=O. The van der Waals surface area contributed by atoms with E-state index in [4.69, 9.17) is 0 Å². The number of rotatable bonds is 3. The van der Waals surface area contributed by atoms with Crippen molar-refractivity contribution in [2.45, 2.75) is 24.9 Å². The van der Waals surface area contributed by atoms with E-state index in [2.05, 4.69) is 5.32 Å². The first-order valence-electron chi connectivity index (χ1n) is 6.70. The molecule has 1 saturated heterocycles. The lowest BCUT2D eigenvalue weighted by molar-refractivity contribution is 0.0749. The second-order valence-corrected chi connectivity index (χ2v) is 7.23. The molecule has 2 N–H and O–H groups in total. The van der Waals surface area contributed by atoms with Crippen LogP contribution >= 0.6 is 0 Å². The summed E-state index contributed by atoms with van der Waals surface area (Å²) in [4.78, 5) is 24.6. The van der Waals surface area contributed by atoms with E-state index >= 15 is 0 Å². The van der Waals surface area contributed by atoms with Crippen molar-refractivity contribution in [2.75, 3.05) is 25.9 Å². The molecule has 4 amide bonds. The lowest BCUT2D eigenvalue weighted by Crippen LogP contribution is -2.49. The Labute approximate surface area is 123 Å². The summed E-state index contributed by atoms with van der Waals surface area (Å²) in [6.45, 7) is -0.0494. The van der Waals surface area contributed by atoms with Crippen LogP contribution in [0.5, 0.6) is 0 Å². The number of carbonyl (C=O) groups excluding carboxylic acids is 2. The summed E-state index contributed by atoms with van der Waals surface area (Å²) < 4.78 is 23.4. The molecule has 1 aliphatic carbocycles. The Morgan fingerprint density at radius 1 is 1.48 bits per heavy atom. The van der Waals surface area contributed by atoms with Gasteiger partial charge in [0.2, 0.25) is 10.0 Å². The molecule has 1 fully saturated rings. The van der Waals surface area contributed by atoms with Gasteiger partial charge in [0.25, 0.3) is 0 Å². The van der Waals surface area contributed by atoms with Crippen LogP contribution in [0.2, 0.25) is 0 Å². The highest BCUT2D eigenvalue weighted by Gasteiger charge is 2.38. The van der Waals surface area contributed by atoms with E-state index in [9.17, 15) is 23.1 Å². The molecule has 0 radical (unpaired) electrons. The molecule has 9 heteroatoms. The van der Waals surface area contributed by atoms with Gasteiger partial charge in [0, 0.05) is 0 Å². The summed E-state index contributed by atoms with van der Waals surface area (Å²) in [5.41, 5.74) is -1.10.